The van der Waals surface area contributed by atoms with Gasteiger partial charge in [0.25, 0.3) is 0 Å². The van der Waals surface area contributed by atoms with Crippen LogP contribution in [0.3, 0.4) is 0 Å². The van der Waals surface area contributed by atoms with Crippen molar-refractivity contribution in [3.8, 4) is 0 Å². The fourth-order valence-corrected chi connectivity index (χ4v) is 2.16. The number of rotatable bonds is 5. The van der Waals surface area contributed by atoms with Crippen LogP contribution in [0.15, 0.2) is 10.9 Å². The highest BCUT2D eigenvalue weighted by molar-refractivity contribution is 5.75. The van der Waals surface area contributed by atoms with Gasteiger partial charge in [-0.25, -0.2) is 4.79 Å². The van der Waals surface area contributed by atoms with Crippen LogP contribution in [0.5, 0.6) is 0 Å². The Morgan fingerprint density at radius 2 is 2.32 bits per heavy atom. The number of carbonyl (C=O) groups excluding carboxylic acids is 1. The van der Waals surface area contributed by atoms with Crippen molar-refractivity contribution >= 4 is 12.0 Å². The minimum absolute atomic E-state index is 0.0636. The van der Waals surface area contributed by atoms with Crippen molar-refractivity contribution in [2.75, 3.05) is 6.54 Å². The Kier molecular flexibility index (Phi) is 4.32. The molecule has 2 atom stereocenters. The monoisotopic (exact) mass is 268 g/mol. The van der Waals surface area contributed by atoms with Crippen molar-refractivity contribution in [2.45, 2.75) is 31.7 Å². The van der Waals surface area contributed by atoms with Crippen LogP contribution in [0, 0.1) is 5.92 Å². The van der Waals surface area contributed by atoms with Gasteiger partial charge in [0.2, 0.25) is 6.39 Å². The highest BCUT2D eigenvalue weighted by Crippen LogP contribution is 2.25. The fourth-order valence-electron chi connectivity index (χ4n) is 2.16. The molecular weight excluding hydrogens is 252 g/mol. The van der Waals surface area contributed by atoms with Crippen molar-refractivity contribution in [3.05, 3.63) is 12.2 Å². The fraction of sp³-hybridized carbons (Fsp3) is 0.636. The summed E-state index contributed by atoms with van der Waals surface area (Å²) < 4.78 is 4.57. The van der Waals surface area contributed by atoms with Gasteiger partial charge in [0.15, 0.2) is 5.82 Å². The number of urea groups is 1. The number of carboxylic acids is 1. The average molecular weight is 268 g/mol. The topological polar surface area (TPSA) is 117 Å². The molecule has 0 bridgehead atoms. The van der Waals surface area contributed by atoms with Crippen LogP contribution in [0.1, 0.15) is 25.1 Å². The summed E-state index contributed by atoms with van der Waals surface area (Å²) in [7, 11) is 0. The number of carboxylic acid groups (broad SMARTS) is 1. The lowest BCUT2D eigenvalue weighted by Crippen LogP contribution is -2.42. The number of nitrogens with one attached hydrogen (secondary N) is 2. The zero-order valence-electron chi connectivity index (χ0n) is 10.3. The Bertz CT molecular complexity index is 434. The molecule has 104 valence electrons. The van der Waals surface area contributed by atoms with Crippen molar-refractivity contribution in [1.29, 1.82) is 0 Å². The number of aromatic nitrogens is 2. The molecule has 8 heteroatoms. The lowest BCUT2D eigenvalue weighted by Gasteiger charge is -2.12. The molecule has 0 aromatic carbocycles. The summed E-state index contributed by atoms with van der Waals surface area (Å²) in [5.74, 6) is -0.599. The van der Waals surface area contributed by atoms with Gasteiger partial charge < -0.3 is 20.3 Å². The Labute approximate surface area is 109 Å². The minimum Gasteiger partial charge on any atom is -0.481 e. The van der Waals surface area contributed by atoms with E-state index in [0.29, 0.717) is 38.1 Å². The van der Waals surface area contributed by atoms with Crippen LogP contribution in [-0.4, -0.2) is 39.8 Å². The number of amides is 2. The van der Waals surface area contributed by atoms with E-state index in [2.05, 4.69) is 25.3 Å². The second-order valence-corrected chi connectivity index (χ2v) is 4.54. The summed E-state index contributed by atoms with van der Waals surface area (Å²) in [6.07, 6.45) is 3.54. The molecule has 19 heavy (non-hydrogen) atoms. The molecule has 1 aromatic heterocycles. The minimum atomic E-state index is -0.790. The molecule has 0 radical (unpaired) electrons. The van der Waals surface area contributed by atoms with Crippen LogP contribution in [0.2, 0.25) is 0 Å². The van der Waals surface area contributed by atoms with E-state index in [1.165, 1.54) is 6.39 Å². The summed E-state index contributed by atoms with van der Waals surface area (Å²) >= 11 is 0. The SMILES string of the molecule is O=C(NCCc1ncon1)N[C@H]1CC[C@@H](C(=O)O)C1. The van der Waals surface area contributed by atoms with Gasteiger partial charge in [0, 0.05) is 19.0 Å². The highest BCUT2D eigenvalue weighted by Gasteiger charge is 2.30. The van der Waals surface area contributed by atoms with E-state index in [4.69, 9.17) is 5.11 Å². The third-order valence-electron chi connectivity index (χ3n) is 3.16. The van der Waals surface area contributed by atoms with Gasteiger partial charge >= 0.3 is 12.0 Å². The standard InChI is InChI=1S/C11H16N4O4/c16-10(17)7-1-2-8(5-7)14-11(18)12-4-3-9-13-6-19-15-9/h6-8H,1-5H2,(H,16,17)(H2,12,14,18)/t7-,8+/m1/s1. The van der Waals surface area contributed by atoms with E-state index in [-0.39, 0.29) is 18.0 Å². The molecule has 1 aromatic rings. The number of carbonyl (C=O) groups is 2. The predicted molar refractivity (Wildman–Crippen MR) is 63.3 cm³/mol. The zero-order valence-corrected chi connectivity index (χ0v) is 10.3. The second kappa shape index (κ2) is 6.17. The maximum Gasteiger partial charge on any atom is 0.315 e. The molecule has 1 fully saturated rings. The van der Waals surface area contributed by atoms with Gasteiger partial charge in [0.05, 0.1) is 5.92 Å². The van der Waals surface area contributed by atoms with E-state index in [1.54, 1.807) is 0 Å². The van der Waals surface area contributed by atoms with E-state index in [1.807, 2.05) is 0 Å². The largest absolute Gasteiger partial charge is 0.481 e. The van der Waals surface area contributed by atoms with Crippen LogP contribution in [0.4, 0.5) is 4.79 Å². The first-order valence-electron chi connectivity index (χ1n) is 6.17. The van der Waals surface area contributed by atoms with Gasteiger partial charge in [0.1, 0.15) is 0 Å². The Morgan fingerprint density at radius 3 is 2.95 bits per heavy atom. The molecule has 1 saturated carbocycles. The van der Waals surface area contributed by atoms with Crippen LogP contribution < -0.4 is 10.6 Å². The van der Waals surface area contributed by atoms with E-state index >= 15 is 0 Å². The zero-order chi connectivity index (χ0) is 13.7. The van der Waals surface area contributed by atoms with Gasteiger partial charge in [-0.15, -0.1) is 0 Å². The lowest BCUT2D eigenvalue weighted by molar-refractivity contribution is -0.141. The molecule has 1 heterocycles. The number of aliphatic carboxylic acids is 1. The molecule has 1 aliphatic rings. The molecule has 0 saturated heterocycles. The van der Waals surface area contributed by atoms with Gasteiger partial charge in [-0.1, -0.05) is 5.16 Å². The maximum atomic E-state index is 11.6. The summed E-state index contributed by atoms with van der Waals surface area (Å²) in [6, 6.07) is -0.356. The average Bonchev–Trinajstić information content (AvgIpc) is 3.00. The van der Waals surface area contributed by atoms with E-state index in [9.17, 15) is 9.59 Å². The molecule has 0 aliphatic heterocycles. The first-order valence-corrected chi connectivity index (χ1v) is 6.17. The van der Waals surface area contributed by atoms with Crippen LogP contribution in [0.25, 0.3) is 0 Å². The summed E-state index contributed by atoms with van der Waals surface area (Å²) in [5, 5.41) is 17.9. The Morgan fingerprint density at radius 1 is 1.47 bits per heavy atom. The first kappa shape index (κ1) is 13.3. The molecular formula is C11H16N4O4. The van der Waals surface area contributed by atoms with Gasteiger partial charge in [-0.05, 0) is 19.3 Å². The Hall–Kier alpha value is -2.12. The normalized spacial score (nSPS) is 22.1. The molecule has 2 amide bonds. The second-order valence-electron chi connectivity index (χ2n) is 4.54. The molecule has 0 spiro atoms. The number of hydrogen-bond acceptors (Lipinski definition) is 5. The molecule has 3 N–H and O–H groups in total. The molecule has 2 rings (SSSR count). The van der Waals surface area contributed by atoms with E-state index in [0.717, 1.165) is 0 Å². The Balaban J connectivity index is 1.63. The maximum absolute atomic E-state index is 11.6. The van der Waals surface area contributed by atoms with Crippen molar-refractivity contribution in [3.63, 3.8) is 0 Å². The summed E-state index contributed by atoms with van der Waals surface area (Å²) in [6.45, 7) is 0.403. The highest BCUT2D eigenvalue weighted by atomic mass is 16.5. The van der Waals surface area contributed by atoms with Gasteiger partial charge in [-0.3, -0.25) is 4.79 Å². The van der Waals surface area contributed by atoms with Crippen molar-refractivity contribution in [2.24, 2.45) is 5.92 Å². The van der Waals surface area contributed by atoms with E-state index < -0.39 is 5.97 Å². The number of hydrogen-bond donors (Lipinski definition) is 3. The summed E-state index contributed by atoms with van der Waals surface area (Å²) in [4.78, 5) is 26.2. The smallest absolute Gasteiger partial charge is 0.315 e. The lowest BCUT2D eigenvalue weighted by atomic mass is 10.1. The third kappa shape index (κ3) is 3.94. The molecule has 0 unspecified atom stereocenters. The van der Waals surface area contributed by atoms with Crippen LogP contribution in [-0.2, 0) is 11.2 Å². The summed E-state index contributed by atoms with van der Waals surface area (Å²) in [5.41, 5.74) is 0. The van der Waals surface area contributed by atoms with Gasteiger partial charge in [-0.2, -0.15) is 4.98 Å². The van der Waals surface area contributed by atoms with Crippen molar-refractivity contribution < 1.29 is 19.2 Å². The number of nitrogens with zero attached hydrogens (tertiary/aromatic N) is 2. The van der Waals surface area contributed by atoms with Crippen molar-refractivity contribution in [1.82, 2.24) is 20.8 Å². The quantitative estimate of drug-likeness (QED) is 0.700. The third-order valence-corrected chi connectivity index (χ3v) is 3.16. The molecule has 8 nitrogen and oxygen atoms in total. The van der Waals surface area contributed by atoms with Crippen LogP contribution >= 0.6 is 0 Å². The predicted octanol–water partition coefficient (Wildman–Crippen LogP) is 0.165. The molecule has 1 aliphatic carbocycles. The first-order chi connectivity index (χ1) is 9.15.